The second-order valence-corrected chi connectivity index (χ2v) is 8.13. The van der Waals surface area contributed by atoms with Crippen LogP contribution >= 0.6 is 24.0 Å². The predicted molar refractivity (Wildman–Crippen MR) is 117 cm³/mol. The number of aromatic carboxylic acids is 1. The minimum Gasteiger partial charge on any atom is -0.478 e. The first-order valence-electron chi connectivity index (χ1n) is 8.76. The van der Waals surface area contributed by atoms with Gasteiger partial charge in [0.15, 0.2) is 0 Å². The molecule has 8 heteroatoms. The summed E-state index contributed by atoms with van der Waals surface area (Å²) in [4.78, 5) is 37.7. The molecule has 0 bridgehead atoms. The number of nitrogens with zero attached hydrogens (tertiary/aromatic N) is 1. The van der Waals surface area contributed by atoms with Gasteiger partial charge >= 0.3 is 5.97 Å². The van der Waals surface area contributed by atoms with Crippen LogP contribution in [0.3, 0.4) is 0 Å². The number of carboxylic acid groups (broad SMARTS) is 1. The van der Waals surface area contributed by atoms with Crippen molar-refractivity contribution >= 4 is 51.8 Å². The molecule has 29 heavy (non-hydrogen) atoms. The monoisotopic (exact) mass is 426 g/mol. The van der Waals surface area contributed by atoms with Gasteiger partial charge in [-0.15, -0.1) is 0 Å². The van der Waals surface area contributed by atoms with E-state index in [9.17, 15) is 14.4 Å². The summed E-state index contributed by atoms with van der Waals surface area (Å²) in [6.07, 6.45) is 2.41. The number of nitrogens with one attached hydrogen (secondary N) is 1. The summed E-state index contributed by atoms with van der Waals surface area (Å²) < 4.78 is 0.319. The molecule has 0 saturated carbocycles. The summed E-state index contributed by atoms with van der Waals surface area (Å²) in [6.45, 7) is 1.78. The third kappa shape index (κ3) is 5.30. The van der Waals surface area contributed by atoms with Crippen molar-refractivity contribution < 1.29 is 19.5 Å². The van der Waals surface area contributed by atoms with Gasteiger partial charge in [0.25, 0.3) is 5.91 Å². The van der Waals surface area contributed by atoms with Gasteiger partial charge in [-0.2, -0.15) is 0 Å². The van der Waals surface area contributed by atoms with Crippen LogP contribution in [0, 0.1) is 6.92 Å². The average Bonchev–Trinajstić information content (AvgIpc) is 2.95. The Bertz CT molecular complexity index is 1020. The molecule has 2 aromatic carbocycles. The number of hydrogen-bond acceptors (Lipinski definition) is 5. The number of thiocarbonyl (C=S) groups is 1. The van der Waals surface area contributed by atoms with Crippen LogP contribution in [0.15, 0.2) is 59.5 Å². The molecule has 0 radical (unpaired) electrons. The maximum absolute atomic E-state index is 12.6. The van der Waals surface area contributed by atoms with Crippen LogP contribution in [-0.2, 0) is 16.0 Å². The van der Waals surface area contributed by atoms with Gasteiger partial charge in [-0.3, -0.25) is 14.5 Å². The zero-order chi connectivity index (χ0) is 21.0. The molecular formula is C21H18N2O4S2. The molecule has 1 saturated heterocycles. The summed E-state index contributed by atoms with van der Waals surface area (Å²) >= 11 is 6.42. The van der Waals surface area contributed by atoms with Crippen LogP contribution in [-0.4, -0.2) is 38.7 Å². The molecule has 6 nitrogen and oxygen atoms in total. The summed E-state index contributed by atoms with van der Waals surface area (Å²) in [5, 5.41) is 11.6. The Morgan fingerprint density at radius 2 is 1.93 bits per heavy atom. The number of carboxylic acids is 1. The maximum Gasteiger partial charge on any atom is 0.335 e. The van der Waals surface area contributed by atoms with Crippen LogP contribution in [0.5, 0.6) is 0 Å². The Morgan fingerprint density at radius 3 is 2.62 bits per heavy atom. The van der Waals surface area contributed by atoms with E-state index >= 15 is 0 Å². The topological polar surface area (TPSA) is 86.7 Å². The van der Waals surface area contributed by atoms with Gasteiger partial charge in [-0.1, -0.05) is 66.0 Å². The van der Waals surface area contributed by atoms with E-state index < -0.39 is 11.9 Å². The largest absolute Gasteiger partial charge is 0.478 e. The van der Waals surface area contributed by atoms with Gasteiger partial charge in [0.2, 0.25) is 5.91 Å². The molecule has 2 aromatic rings. The van der Waals surface area contributed by atoms with E-state index in [0.717, 1.165) is 5.56 Å². The van der Waals surface area contributed by atoms with E-state index in [2.05, 4.69) is 5.32 Å². The first kappa shape index (κ1) is 20.8. The van der Waals surface area contributed by atoms with E-state index in [1.165, 1.54) is 40.4 Å². The number of anilines is 1. The highest BCUT2D eigenvalue weighted by Gasteiger charge is 2.33. The minimum atomic E-state index is -1.09. The standard InChI is InChI=1S/C21H18N2O4S2/c1-13-5-7-14(8-6-13)9-10-17-19(25)23(21(28)29-17)12-18(24)22-16-4-2-3-15(11-16)20(26)27/h2-8,10-11H,9,12H2,1H3,(H,22,24)(H,26,27)/b17-10-. The second-order valence-electron chi connectivity index (χ2n) is 6.45. The van der Waals surface area contributed by atoms with Crippen molar-refractivity contribution in [3.8, 4) is 0 Å². The molecule has 2 N–H and O–H groups in total. The molecule has 0 aliphatic carbocycles. The fourth-order valence-electron chi connectivity index (χ4n) is 2.68. The number of benzene rings is 2. The Kier molecular flexibility index (Phi) is 6.46. The van der Waals surface area contributed by atoms with Crippen molar-refractivity contribution in [2.24, 2.45) is 0 Å². The van der Waals surface area contributed by atoms with Crippen LogP contribution in [0.2, 0.25) is 0 Å². The number of rotatable bonds is 6. The van der Waals surface area contributed by atoms with Crippen LogP contribution in [0.1, 0.15) is 21.5 Å². The van der Waals surface area contributed by atoms with Gasteiger partial charge in [0, 0.05) is 5.69 Å². The lowest BCUT2D eigenvalue weighted by Crippen LogP contribution is -2.36. The summed E-state index contributed by atoms with van der Waals surface area (Å²) in [5.41, 5.74) is 2.65. The molecule has 148 valence electrons. The van der Waals surface area contributed by atoms with Crippen molar-refractivity contribution in [2.75, 3.05) is 11.9 Å². The van der Waals surface area contributed by atoms with Gasteiger partial charge in [-0.05, 0) is 37.1 Å². The molecule has 0 aromatic heterocycles. The van der Waals surface area contributed by atoms with Crippen molar-refractivity contribution in [3.63, 3.8) is 0 Å². The van der Waals surface area contributed by atoms with Crippen LogP contribution in [0.25, 0.3) is 0 Å². The molecule has 3 rings (SSSR count). The zero-order valence-electron chi connectivity index (χ0n) is 15.5. The van der Waals surface area contributed by atoms with E-state index in [1.54, 1.807) is 6.07 Å². The number of carbonyl (C=O) groups excluding carboxylic acids is 2. The fraction of sp³-hybridized carbons (Fsp3) is 0.143. The van der Waals surface area contributed by atoms with Crippen molar-refractivity contribution in [1.82, 2.24) is 4.90 Å². The number of hydrogen-bond donors (Lipinski definition) is 2. The molecule has 0 unspecified atom stereocenters. The van der Waals surface area contributed by atoms with Crippen LogP contribution < -0.4 is 5.32 Å². The highest BCUT2D eigenvalue weighted by molar-refractivity contribution is 8.26. The molecule has 2 amide bonds. The Labute approximate surface area is 177 Å². The van der Waals surface area contributed by atoms with Gasteiger partial charge in [0.1, 0.15) is 10.9 Å². The predicted octanol–water partition coefficient (Wildman–Crippen LogP) is 3.62. The number of aryl methyl sites for hydroxylation is 1. The molecule has 1 heterocycles. The Hall–Kier alpha value is -2.97. The SMILES string of the molecule is Cc1ccc(C/C=C2\SC(=S)N(CC(=O)Nc3cccc(C(=O)O)c3)C2=O)cc1. The number of thioether (sulfide) groups is 1. The Balaban J connectivity index is 1.63. The molecule has 1 aliphatic heterocycles. The number of amides is 2. The average molecular weight is 427 g/mol. The molecule has 1 fully saturated rings. The zero-order valence-corrected chi connectivity index (χ0v) is 17.2. The summed E-state index contributed by atoms with van der Waals surface area (Å²) in [6, 6.07) is 13.9. The highest BCUT2D eigenvalue weighted by Crippen LogP contribution is 2.31. The lowest BCUT2D eigenvalue weighted by atomic mass is 10.1. The van der Waals surface area contributed by atoms with Gasteiger partial charge in [0.05, 0.1) is 10.5 Å². The summed E-state index contributed by atoms with van der Waals surface area (Å²) in [5.74, 6) is -1.85. The van der Waals surface area contributed by atoms with Crippen molar-refractivity contribution in [1.29, 1.82) is 0 Å². The molecule has 0 spiro atoms. The normalized spacial score (nSPS) is 15.1. The maximum atomic E-state index is 12.6. The third-order valence-electron chi connectivity index (χ3n) is 4.21. The van der Waals surface area contributed by atoms with Crippen LogP contribution in [0.4, 0.5) is 5.69 Å². The highest BCUT2D eigenvalue weighted by atomic mass is 32.2. The van der Waals surface area contributed by atoms with Crippen molar-refractivity contribution in [2.45, 2.75) is 13.3 Å². The van der Waals surface area contributed by atoms with Gasteiger partial charge < -0.3 is 10.4 Å². The summed E-state index contributed by atoms with van der Waals surface area (Å²) in [7, 11) is 0. The Morgan fingerprint density at radius 1 is 1.21 bits per heavy atom. The van der Waals surface area contributed by atoms with E-state index in [0.29, 0.717) is 21.3 Å². The van der Waals surface area contributed by atoms with E-state index in [1.807, 2.05) is 37.3 Å². The first-order valence-corrected chi connectivity index (χ1v) is 9.98. The molecular weight excluding hydrogens is 408 g/mol. The quantitative estimate of drug-likeness (QED) is 0.542. The first-order chi connectivity index (χ1) is 13.8. The smallest absolute Gasteiger partial charge is 0.335 e. The molecule has 0 atom stereocenters. The van der Waals surface area contributed by atoms with Crippen molar-refractivity contribution in [3.05, 3.63) is 76.2 Å². The second kappa shape index (κ2) is 9.02. The minimum absolute atomic E-state index is 0.0625. The number of allylic oxidation sites excluding steroid dienone is 1. The lowest BCUT2D eigenvalue weighted by Gasteiger charge is -2.14. The van der Waals surface area contributed by atoms with Gasteiger partial charge in [-0.25, -0.2) is 4.79 Å². The fourth-order valence-corrected chi connectivity index (χ4v) is 3.91. The lowest BCUT2D eigenvalue weighted by molar-refractivity contribution is -0.126. The number of carbonyl (C=O) groups is 3. The third-order valence-corrected chi connectivity index (χ3v) is 5.64. The van der Waals surface area contributed by atoms with E-state index in [-0.39, 0.29) is 18.0 Å². The van der Waals surface area contributed by atoms with E-state index in [4.69, 9.17) is 17.3 Å². The molecule has 1 aliphatic rings.